The van der Waals surface area contributed by atoms with Crippen molar-refractivity contribution in [2.24, 2.45) is 5.92 Å². The molecule has 0 aliphatic heterocycles. The summed E-state index contributed by atoms with van der Waals surface area (Å²) < 4.78 is 0. The van der Waals surface area contributed by atoms with Crippen LogP contribution in [-0.2, 0) is 16.0 Å². The summed E-state index contributed by atoms with van der Waals surface area (Å²) in [5.41, 5.74) is 1.63. The summed E-state index contributed by atoms with van der Waals surface area (Å²) in [6.45, 7) is 3.27. The molecule has 0 spiro atoms. The number of hydrogen-bond donors (Lipinski definition) is 2. The molecule has 1 aromatic rings. The molecule has 0 saturated heterocycles. The van der Waals surface area contributed by atoms with Gasteiger partial charge in [-0.3, -0.25) is 9.59 Å². The maximum Gasteiger partial charge on any atom is 0.310 e. The molecule has 0 unspecified atom stereocenters. The first-order valence-corrected chi connectivity index (χ1v) is 5.46. The molecule has 1 rings (SSSR count). The molecule has 17 heavy (non-hydrogen) atoms. The third-order valence-corrected chi connectivity index (χ3v) is 2.81. The highest BCUT2D eigenvalue weighted by molar-refractivity contribution is 5.75. The second-order valence-corrected chi connectivity index (χ2v) is 4.24. The van der Waals surface area contributed by atoms with E-state index in [0.29, 0.717) is 6.42 Å². The summed E-state index contributed by atoms with van der Waals surface area (Å²) in [5.74, 6) is -2.66. The van der Waals surface area contributed by atoms with Crippen LogP contribution in [0.15, 0.2) is 24.3 Å². The van der Waals surface area contributed by atoms with Gasteiger partial charge in [0.15, 0.2) is 0 Å². The fourth-order valence-corrected chi connectivity index (χ4v) is 1.53. The van der Waals surface area contributed by atoms with Crippen molar-refractivity contribution in [2.75, 3.05) is 0 Å². The molecule has 0 radical (unpaired) electrons. The van der Waals surface area contributed by atoms with Crippen LogP contribution in [0.1, 0.15) is 30.9 Å². The average molecular weight is 236 g/mol. The molecule has 0 aromatic heterocycles. The first-order chi connectivity index (χ1) is 7.91. The molecular formula is C13H16O4. The van der Waals surface area contributed by atoms with Gasteiger partial charge in [0.25, 0.3) is 0 Å². The van der Waals surface area contributed by atoms with E-state index in [1.54, 1.807) is 38.1 Å². The monoisotopic (exact) mass is 236 g/mol. The summed E-state index contributed by atoms with van der Waals surface area (Å²) >= 11 is 0. The second kappa shape index (κ2) is 5.48. The molecule has 0 heterocycles. The third-order valence-electron chi connectivity index (χ3n) is 2.81. The average Bonchev–Trinajstić information content (AvgIpc) is 2.28. The van der Waals surface area contributed by atoms with Crippen molar-refractivity contribution < 1.29 is 19.8 Å². The number of carboxylic acids is 2. The van der Waals surface area contributed by atoms with E-state index in [9.17, 15) is 9.59 Å². The van der Waals surface area contributed by atoms with E-state index >= 15 is 0 Å². The number of carboxylic acid groups (broad SMARTS) is 2. The van der Waals surface area contributed by atoms with Crippen molar-refractivity contribution in [1.29, 1.82) is 0 Å². The highest BCUT2D eigenvalue weighted by Crippen LogP contribution is 2.17. The van der Waals surface area contributed by atoms with Gasteiger partial charge >= 0.3 is 11.9 Å². The molecule has 0 aliphatic carbocycles. The van der Waals surface area contributed by atoms with Gasteiger partial charge < -0.3 is 10.2 Å². The standard InChI is InChI=1S/C13H16O4/c1-8(12(14)15)7-10-3-5-11(6-4-10)9(2)13(16)17/h3-6,8-9H,7H2,1-2H3,(H,14,15)(H,16,17)/t8-,9+/m0/s1. The molecule has 0 amide bonds. The first-order valence-electron chi connectivity index (χ1n) is 5.46. The van der Waals surface area contributed by atoms with Crippen molar-refractivity contribution in [3.8, 4) is 0 Å². The van der Waals surface area contributed by atoms with Gasteiger partial charge in [-0.1, -0.05) is 31.2 Å². The predicted molar refractivity (Wildman–Crippen MR) is 63.0 cm³/mol. The van der Waals surface area contributed by atoms with E-state index in [-0.39, 0.29) is 0 Å². The molecule has 2 N–H and O–H groups in total. The number of hydrogen-bond acceptors (Lipinski definition) is 2. The van der Waals surface area contributed by atoms with Crippen LogP contribution in [-0.4, -0.2) is 22.2 Å². The van der Waals surface area contributed by atoms with Crippen molar-refractivity contribution in [1.82, 2.24) is 0 Å². The lowest BCUT2D eigenvalue weighted by atomic mass is 9.96. The molecular weight excluding hydrogens is 220 g/mol. The van der Waals surface area contributed by atoms with Crippen LogP contribution >= 0.6 is 0 Å². The van der Waals surface area contributed by atoms with Gasteiger partial charge in [0, 0.05) is 0 Å². The normalized spacial score (nSPS) is 14.0. The van der Waals surface area contributed by atoms with Gasteiger partial charge in [0.2, 0.25) is 0 Å². The van der Waals surface area contributed by atoms with Gasteiger partial charge in [-0.15, -0.1) is 0 Å². The Morgan fingerprint density at radius 2 is 1.59 bits per heavy atom. The third kappa shape index (κ3) is 3.59. The van der Waals surface area contributed by atoms with Crippen molar-refractivity contribution in [2.45, 2.75) is 26.2 Å². The van der Waals surface area contributed by atoms with E-state index in [1.165, 1.54) is 0 Å². The Balaban J connectivity index is 2.75. The molecule has 4 heteroatoms. The van der Waals surface area contributed by atoms with Crippen LogP contribution in [0.4, 0.5) is 0 Å². The number of aliphatic carboxylic acids is 2. The van der Waals surface area contributed by atoms with E-state index in [2.05, 4.69) is 0 Å². The fraction of sp³-hybridized carbons (Fsp3) is 0.385. The van der Waals surface area contributed by atoms with Crippen LogP contribution in [0, 0.1) is 5.92 Å². The van der Waals surface area contributed by atoms with Gasteiger partial charge in [-0.2, -0.15) is 0 Å². The minimum Gasteiger partial charge on any atom is -0.481 e. The zero-order valence-electron chi connectivity index (χ0n) is 9.88. The Hall–Kier alpha value is -1.84. The summed E-state index contributed by atoms with van der Waals surface area (Å²) in [6, 6.07) is 7.05. The predicted octanol–water partition coefficient (Wildman–Crippen LogP) is 2.14. The molecule has 0 saturated carbocycles. The molecule has 92 valence electrons. The summed E-state index contributed by atoms with van der Waals surface area (Å²) in [6.07, 6.45) is 0.455. The van der Waals surface area contributed by atoms with Crippen LogP contribution in [0.25, 0.3) is 0 Å². The summed E-state index contributed by atoms with van der Waals surface area (Å²) in [4.78, 5) is 21.5. The molecule has 4 nitrogen and oxygen atoms in total. The van der Waals surface area contributed by atoms with Crippen molar-refractivity contribution in [3.05, 3.63) is 35.4 Å². The summed E-state index contributed by atoms with van der Waals surface area (Å²) in [7, 11) is 0. The van der Waals surface area contributed by atoms with Crippen LogP contribution in [0.5, 0.6) is 0 Å². The van der Waals surface area contributed by atoms with E-state index in [4.69, 9.17) is 10.2 Å². The highest BCUT2D eigenvalue weighted by Gasteiger charge is 2.14. The van der Waals surface area contributed by atoms with Gasteiger partial charge in [-0.25, -0.2) is 0 Å². The van der Waals surface area contributed by atoms with Crippen molar-refractivity contribution >= 4 is 11.9 Å². The Kier molecular flexibility index (Phi) is 4.26. The minimum absolute atomic E-state index is 0.433. The van der Waals surface area contributed by atoms with Gasteiger partial charge in [-0.05, 0) is 24.5 Å². The van der Waals surface area contributed by atoms with Gasteiger partial charge in [0.1, 0.15) is 0 Å². The lowest BCUT2D eigenvalue weighted by Gasteiger charge is -2.09. The lowest BCUT2D eigenvalue weighted by Crippen LogP contribution is -2.12. The van der Waals surface area contributed by atoms with Crippen LogP contribution < -0.4 is 0 Å². The SMILES string of the molecule is C[C@@H](Cc1ccc([C@@H](C)C(=O)O)cc1)C(=O)O. The first kappa shape index (κ1) is 13.2. The number of benzene rings is 1. The molecule has 0 aliphatic rings. The van der Waals surface area contributed by atoms with Crippen LogP contribution in [0.2, 0.25) is 0 Å². The van der Waals surface area contributed by atoms with Gasteiger partial charge in [0.05, 0.1) is 11.8 Å². The highest BCUT2D eigenvalue weighted by atomic mass is 16.4. The smallest absolute Gasteiger partial charge is 0.310 e. The lowest BCUT2D eigenvalue weighted by molar-refractivity contribution is -0.141. The zero-order chi connectivity index (χ0) is 13.0. The Labute approximate surface area is 99.9 Å². The summed E-state index contributed by atoms with van der Waals surface area (Å²) in [5, 5.41) is 17.6. The Morgan fingerprint density at radius 1 is 1.06 bits per heavy atom. The number of rotatable bonds is 5. The van der Waals surface area contributed by atoms with E-state index in [1.807, 2.05) is 0 Å². The van der Waals surface area contributed by atoms with E-state index < -0.39 is 23.8 Å². The Bertz CT molecular complexity index is 408. The number of carbonyl (C=O) groups is 2. The molecule has 2 atom stereocenters. The molecule has 1 aromatic carbocycles. The maximum atomic E-state index is 10.8. The largest absolute Gasteiger partial charge is 0.481 e. The minimum atomic E-state index is -0.864. The van der Waals surface area contributed by atoms with Crippen LogP contribution in [0.3, 0.4) is 0 Å². The quantitative estimate of drug-likeness (QED) is 0.821. The van der Waals surface area contributed by atoms with Crippen molar-refractivity contribution in [3.63, 3.8) is 0 Å². The van der Waals surface area contributed by atoms with E-state index in [0.717, 1.165) is 11.1 Å². The Morgan fingerprint density at radius 3 is 2.00 bits per heavy atom. The molecule has 0 fully saturated rings. The second-order valence-electron chi connectivity index (χ2n) is 4.24. The maximum absolute atomic E-state index is 10.8. The zero-order valence-corrected chi connectivity index (χ0v) is 9.88. The topological polar surface area (TPSA) is 74.6 Å². The molecule has 0 bridgehead atoms. The fourth-order valence-electron chi connectivity index (χ4n) is 1.53.